The van der Waals surface area contributed by atoms with E-state index in [2.05, 4.69) is 0 Å². The fourth-order valence-electron chi connectivity index (χ4n) is 1.53. The van der Waals surface area contributed by atoms with E-state index in [9.17, 15) is 18.0 Å². The molecule has 0 atom stereocenters. The zero-order chi connectivity index (χ0) is 15.6. The van der Waals surface area contributed by atoms with E-state index in [1.54, 1.807) is 18.7 Å². The van der Waals surface area contributed by atoms with Crippen LogP contribution in [0.15, 0.2) is 0 Å². The van der Waals surface area contributed by atoms with Crippen LogP contribution in [0.4, 0.5) is 13.2 Å². The van der Waals surface area contributed by atoms with Crippen LogP contribution in [-0.2, 0) is 9.53 Å². The fraction of sp³-hybridized carbons (Fsp3) is 0.929. The van der Waals surface area contributed by atoms with Gasteiger partial charge in [0.25, 0.3) is 0 Å². The summed E-state index contributed by atoms with van der Waals surface area (Å²) in [5, 5.41) is 0. The van der Waals surface area contributed by atoms with Gasteiger partial charge < -0.3 is 4.74 Å². The number of carbonyl (C=O) groups is 1. The van der Waals surface area contributed by atoms with Gasteiger partial charge in [-0.3, -0.25) is 4.79 Å². The van der Waals surface area contributed by atoms with Crippen molar-refractivity contribution in [3.63, 3.8) is 0 Å². The van der Waals surface area contributed by atoms with Crippen molar-refractivity contribution in [1.82, 2.24) is 0 Å². The van der Waals surface area contributed by atoms with E-state index in [0.717, 1.165) is 18.6 Å². The molecule has 0 rings (SSSR count). The lowest BCUT2D eigenvalue weighted by atomic mass is 10.1. The number of esters is 1. The monoisotopic (exact) mass is 314 g/mol. The van der Waals surface area contributed by atoms with E-state index in [1.807, 2.05) is 13.8 Å². The molecule has 0 aliphatic heterocycles. The minimum atomic E-state index is -4.03. The number of halogens is 3. The third-order valence-electron chi connectivity index (χ3n) is 2.72. The molecule has 120 valence electrons. The average Bonchev–Trinajstić information content (AvgIpc) is 2.33. The van der Waals surface area contributed by atoms with Gasteiger partial charge in [-0.25, -0.2) is 0 Å². The highest BCUT2D eigenvalue weighted by atomic mass is 32.2. The van der Waals surface area contributed by atoms with Gasteiger partial charge in [-0.05, 0) is 32.4 Å². The zero-order valence-corrected chi connectivity index (χ0v) is 13.3. The van der Waals surface area contributed by atoms with Crippen LogP contribution in [0, 0.1) is 0 Å². The quantitative estimate of drug-likeness (QED) is 0.421. The minimum absolute atomic E-state index is 0.142. The Balaban J connectivity index is 3.55. The normalized spacial score (nSPS) is 12.5. The molecular weight excluding hydrogens is 289 g/mol. The molecule has 0 radical (unpaired) electrons. The van der Waals surface area contributed by atoms with Crippen LogP contribution >= 0.6 is 11.8 Å². The van der Waals surface area contributed by atoms with Gasteiger partial charge in [0.15, 0.2) is 0 Å². The highest BCUT2D eigenvalue weighted by Gasteiger charge is 2.25. The number of hydrogen-bond donors (Lipinski definition) is 0. The Bertz CT molecular complexity index is 278. The number of hydrogen-bond acceptors (Lipinski definition) is 3. The second-order valence-corrected chi connectivity index (χ2v) is 7.20. The summed E-state index contributed by atoms with van der Waals surface area (Å²) in [5.41, 5.74) is 0. The average molecular weight is 314 g/mol. The molecule has 0 heterocycles. The van der Waals surface area contributed by atoms with Crippen molar-refractivity contribution < 1.29 is 22.7 Å². The van der Waals surface area contributed by atoms with Crippen molar-refractivity contribution in [2.75, 3.05) is 12.4 Å². The number of thioether (sulfide) groups is 1. The van der Waals surface area contributed by atoms with Crippen molar-refractivity contribution in [3.8, 4) is 0 Å². The number of carbonyl (C=O) groups excluding carboxylic acids is 1. The molecule has 0 aliphatic rings. The first kappa shape index (κ1) is 19.6. The van der Waals surface area contributed by atoms with E-state index in [-0.39, 0.29) is 17.1 Å². The third kappa shape index (κ3) is 12.6. The number of rotatable bonds is 10. The molecule has 0 aromatic rings. The second kappa shape index (κ2) is 9.53. The van der Waals surface area contributed by atoms with Gasteiger partial charge in [-0.1, -0.05) is 19.8 Å². The summed E-state index contributed by atoms with van der Waals surface area (Å²) in [7, 11) is 0. The lowest BCUT2D eigenvalue weighted by molar-refractivity contribution is -0.143. The Hall–Kier alpha value is -0.390. The number of alkyl halides is 3. The fourth-order valence-corrected chi connectivity index (χ4v) is 2.57. The van der Waals surface area contributed by atoms with Gasteiger partial charge in [0.2, 0.25) is 0 Å². The molecule has 20 heavy (non-hydrogen) atoms. The Kier molecular flexibility index (Phi) is 9.34. The maximum atomic E-state index is 11.9. The number of ether oxygens (including phenoxy) is 1. The lowest BCUT2D eigenvalue weighted by Gasteiger charge is -2.23. The molecule has 0 aromatic heterocycles. The van der Waals surface area contributed by atoms with E-state index < -0.39 is 12.6 Å². The highest BCUT2D eigenvalue weighted by Crippen LogP contribution is 2.27. The molecular formula is C14H25F3O2S. The van der Waals surface area contributed by atoms with E-state index in [0.29, 0.717) is 19.4 Å². The molecule has 0 saturated heterocycles. The van der Waals surface area contributed by atoms with Crippen molar-refractivity contribution in [2.24, 2.45) is 0 Å². The van der Waals surface area contributed by atoms with Crippen molar-refractivity contribution >= 4 is 17.7 Å². The third-order valence-corrected chi connectivity index (χ3v) is 4.11. The zero-order valence-electron chi connectivity index (χ0n) is 12.5. The standard InChI is InChI=1S/C14H25F3O2S/c1-4-12(18)19-11-13(2,3)20-10-8-6-5-7-9-14(15,16)17/h4-11H2,1-3H3. The summed E-state index contributed by atoms with van der Waals surface area (Å²) in [6, 6.07) is 0. The first-order valence-electron chi connectivity index (χ1n) is 7.02. The SMILES string of the molecule is CCC(=O)OCC(C)(C)SCCCCCCC(F)(F)F. The van der Waals surface area contributed by atoms with Gasteiger partial charge in [0, 0.05) is 17.6 Å². The van der Waals surface area contributed by atoms with Crippen LogP contribution in [0.25, 0.3) is 0 Å². The van der Waals surface area contributed by atoms with Gasteiger partial charge in [-0.15, -0.1) is 0 Å². The molecule has 0 aliphatic carbocycles. The smallest absolute Gasteiger partial charge is 0.389 e. The molecule has 0 spiro atoms. The highest BCUT2D eigenvalue weighted by molar-refractivity contribution is 8.00. The molecule has 0 amide bonds. The molecule has 0 aromatic carbocycles. The van der Waals surface area contributed by atoms with Gasteiger partial charge >= 0.3 is 12.1 Å². The molecule has 0 unspecified atom stereocenters. The lowest BCUT2D eigenvalue weighted by Crippen LogP contribution is -2.25. The summed E-state index contributed by atoms with van der Waals surface area (Å²) >= 11 is 1.70. The minimum Gasteiger partial charge on any atom is -0.464 e. The first-order valence-corrected chi connectivity index (χ1v) is 8.01. The van der Waals surface area contributed by atoms with Crippen LogP contribution in [0.1, 0.15) is 59.3 Å². The van der Waals surface area contributed by atoms with E-state index in [4.69, 9.17) is 4.74 Å². The van der Waals surface area contributed by atoms with Crippen LogP contribution < -0.4 is 0 Å². The van der Waals surface area contributed by atoms with Gasteiger partial charge in [-0.2, -0.15) is 24.9 Å². The van der Waals surface area contributed by atoms with Gasteiger partial charge in [0.05, 0.1) is 0 Å². The first-order chi connectivity index (χ1) is 9.16. The summed E-state index contributed by atoms with van der Waals surface area (Å²) in [4.78, 5) is 11.1. The summed E-state index contributed by atoms with van der Waals surface area (Å²) < 4.78 is 40.7. The van der Waals surface area contributed by atoms with Crippen molar-refractivity contribution in [2.45, 2.75) is 70.2 Å². The van der Waals surface area contributed by atoms with Crippen molar-refractivity contribution in [3.05, 3.63) is 0 Å². The molecule has 0 bridgehead atoms. The predicted octanol–water partition coefficient (Wildman–Crippen LogP) is 4.96. The van der Waals surface area contributed by atoms with E-state index >= 15 is 0 Å². The Morgan fingerprint density at radius 3 is 2.25 bits per heavy atom. The maximum absolute atomic E-state index is 11.9. The topological polar surface area (TPSA) is 26.3 Å². The maximum Gasteiger partial charge on any atom is 0.389 e. The van der Waals surface area contributed by atoms with Gasteiger partial charge in [0.1, 0.15) is 6.61 Å². The van der Waals surface area contributed by atoms with Crippen LogP contribution in [0.5, 0.6) is 0 Å². The Labute approximate surface area is 123 Å². The largest absolute Gasteiger partial charge is 0.464 e. The Morgan fingerprint density at radius 2 is 1.70 bits per heavy atom. The summed E-state index contributed by atoms with van der Waals surface area (Å²) in [6.07, 6.45) is -1.79. The molecule has 0 saturated carbocycles. The summed E-state index contributed by atoms with van der Waals surface area (Å²) in [5.74, 6) is 0.675. The van der Waals surface area contributed by atoms with Crippen LogP contribution in [0.2, 0.25) is 0 Å². The summed E-state index contributed by atoms with van der Waals surface area (Å²) in [6.45, 7) is 6.14. The Morgan fingerprint density at radius 1 is 1.10 bits per heavy atom. The van der Waals surface area contributed by atoms with E-state index in [1.165, 1.54) is 0 Å². The molecule has 0 fully saturated rings. The molecule has 2 nitrogen and oxygen atoms in total. The van der Waals surface area contributed by atoms with Crippen LogP contribution in [0.3, 0.4) is 0 Å². The van der Waals surface area contributed by atoms with Crippen LogP contribution in [-0.4, -0.2) is 29.3 Å². The number of unbranched alkanes of at least 4 members (excludes halogenated alkanes) is 3. The molecule has 6 heteroatoms. The molecule has 0 N–H and O–H groups in total. The predicted molar refractivity (Wildman–Crippen MR) is 76.9 cm³/mol. The second-order valence-electron chi connectivity index (χ2n) is 5.40. The van der Waals surface area contributed by atoms with Crippen molar-refractivity contribution in [1.29, 1.82) is 0 Å².